The molecular formula is C14H11NOS. The first-order valence-electron chi connectivity index (χ1n) is 5.41. The van der Waals surface area contributed by atoms with E-state index < -0.39 is 0 Å². The van der Waals surface area contributed by atoms with Crippen LogP contribution in [0.1, 0.15) is 10.4 Å². The second kappa shape index (κ2) is 3.93. The predicted molar refractivity (Wildman–Crippen MR) is 69.7 cm³/mol. The third-order valence-electron chi connectivity index (χ3n) is 2.87. The van der Waals surface area contributed by atoms with Crippen LogP contribution in [-0.2, 0) is 0 Å². The summed E-state index contributed by atoms with van der Waals surface area (Å²) in [5.74, 6) is 0.0537. The van der Waals surface area contributed by atoms with E-state index in [2.05, 4.69) is 0 Å². The molecule has 0 spiro atoms. The van der Waals surface area contributed by atoms with E-state index in [0.717, 1.165) is 21.0 Å². The lowest BCUT2D eigenvalue weighted by Crippen LogP contribution is -2.25. The Kier molecular flexibility index (Phi) is 2.41. The fourth-order valence-corrected chi connectivity index (χ4v) is 3.07. The molecule has 0 radical (unpaired) electrons. The topological polar surface area (TPSA) is 20.3 Å². The smallest absolute Gasteiger partial charge is 0.259 e. The molecule has 1 aliphatic heterocycles. The Morgan fingerprint density at radius 1 is 0.941 bits per heavy atom. The van der Waals surface area contributed by atoms with Gasteiger partial charge in [0.15, 0.2) is 0 Å². The number of amides is 1. The van der Waals surface area contributed by atoms with Gasteiger partial charge in [0, 0.05) is 16.8 Å². The number of carbonyl (C=O) groups is 1. The zero-order valence-corrected chi connectivity index (χ0v) is 10.2. The van der Waals surface area contributed by atoms with E-state index in [0.29, 0.717) is 0 Å². The van der Waals surface area contributed by atoms with Gasteiger partial charge in [0.05, 0.1) is 11.3 Å². The van der Waals surface area contributed by atoms with Gasteiger partial charge < -0.3 is 4.90 Å². The van der Waals surface area contributed by atoms with Crippen molar-refractivity contribution in [2.75, 3.05) is 11.9 Å². The zero-order valence-electron chi connectivity index (χ0n) is 9.38. The molecular weight excluding hydrogens is 230 g/mol. The highest BCUT2D eigenvalue weighted by atomic mass is 32.2. The van der Waals surface area contributed by atoms with Crippen molar-refractivity contribution in [3.8, 4) is 0 Å². The minimum atomic E-state index is 0.0537. The normalized spacial score (nSPS) is 13.9. The average Bonchev–Trinajstić information content (AvgIpc) is 2.48. The SMILES string of the molecule is CN1C(=O)c2ccccc2Sc2ccccc21. The van der Waals surface area contributed by atoms with Gasteiger partial charge in [0.25, 0.3) is 5.91 Å². The van der Waals surface area contributed by atoms with E-state index in [4.69, 9.17) is 0 Å². The third kappa shape index (κ3) is 1.63. The van der Waals surface area contributed by atoms with Crippen molar-refractivity contribution in [3.63, 3.8) is 0 Å². The molecule has 2 aromatic rings. The van der Waals surface area contributed by atoms with Crippen LogP contribution in [0, 0.1) is 0 Å². The summed E-state index contributed by atoms with van der Waals surface area (Å²) < 4.78 is 0. The highest BCUT2D eigenvalue weighted by Gasteiger charge is 2.23. The number of rotatable bonds is 0. The molecule has 2 nitrogen and oxygen atoms in total. The molecule has 3 rings (SSSR count). The molecule has 0 fully saturated rings. The second-order valence-electron chi connectivity index (χ2n) is 3.93. The van der Waals surface area contributed by atoms with Crippen LogP contribution in [0.15, 0.2) is 58.3 Å². The number of hydrogen-bond donors (Lipinski definition) is 0. The number of nitrogens with zero attached hydrogens (tertiary/aromatic N) is 1. The minimum absolute atomic E-state index is 0.0537. The molecule has 1 heterocycles. The quantitative estimate of drug-likeness (QED) is 0.704. The molecule has 0 bridgehead atoms. The first-order valence-corrected chi connectivity index (χ1v) is 6.23. The van der Waals surface area contributed by atoms with Crippen LogP contribution in [0.5, 0.6) is 0 Å². The monoisotopic (exact) mass is 241 g/mol. The van der Waals surface area contributed by atoms with Crippen molar-refractivity contribution in [1.29, 1.82) is 0 Å². The van der Waals surface area contributed by atoms with Crippen LogP contribution < -0.4 is 4.90 Å². The number of benzene rings is 2. The highest BCUT2D eigenvalue weighted by molar-refractivity contribution is 7.99. The summed E-state index contributed by atoms with van der Waals surface area (Å²) in [4.78, 5) is 16.2. The fourth-order valence-electron chi connectivity index (χ4n) is 1.96. The van der Waals surface area contributed by atoms with Crippen molar-refractivity contribution < 1.29 is 4.79 Å². The maximum absolute atomic E-state index is 12.3. The van der Waals surface area contributed by atoms with Gasteiger partial charge in [-0.2, -0.15) is 0 Å². The Bertz CT molecular complexity index is 594. The summed E-state index contributed by atoms with van der Waals surface area (Å²) in [6.45, 7) is 0. The Hall–Kier alpha value is -1.74. The van der Waals surface area contributed by atoms with Crippen LogP contribution >= 0.6 is 11.8 Å². The highest BCUT2D eigenvalue weighted by Crippen LogP contribution is 2.40. The van der Waals surface area contributed by atoms with Crippen LogP contribution in [0.25, 0.3) is 0 Å². The van der Waals surface area contributed by atoms with Crippen molar-refractivity contribution in [2.24, 2.45) is 0 Å². The van der Waals surface area contributed by atoms with Gasteiger partial charge in [-0.05, 0) is 24.3 Å². The Labute approximate surface area is 104 Å². The van der Waals surface area contributed by atoms with E-state index in [1.165, 1.54) is 0 Å². The molecule has 84 valence electrons. The van der Waals surface area contributed by atoms with E-state index in [9.17, 15) is 4.79 Å². The maximum atomic E-state index is 12.3. The largest absolute Gasteiger partial charge is 0.310 e. The Balaban J connectivity index is 2.24. The van der Waals surface area contributed by atoms with Crippen LogP contribution in [0.4, 0.5) is 5.69 Å². The number of anilines is 1. The maximum Gasteiger partial charge on any atom is 0.259 e. The Morgan fingerprint density at radius 2 is 1.59 bits per heavy atom. The summed E-state index contributed by atoms with van der Waals surface area (Å²) in [6, 6.07) is 15.7. The summed E-state index contributed by atoms with van der Waals surface area (Å²) >= 11 is 1.65. The summed E-state index contributed by atoms with van der Waals surface area (Å²) in [5, 5.41) is 0. The molecule has 1 amide bonds. The lowest BCUT2D eigenvalue weighted by Gasteiger charge is -2.16. The number of para-hydroxylation sites is 1. The minimum Gasteiger partial charge on any atom is -0.310 e. The zero-order chi connectivity index (χ0) is 11.8. The van der Waals surface area contributed by atoms with Gasteiger partial charge >= 0.3 is 0 Å². The lowest BCUT2D eigenvalue weighted by atomic mass is 10.2. The standard InChI is InChI=1S/C14H11NOS/c1-15-11-7-3-5-9-13(11)17-12-8-4-2-6-10(12)14(15)16/h2-9H,1H3. The van der Waals surface area contributed by atoms with Gasteiger partial charge in [0.2, 0.25) is 0 Å². The van der Waals surface area contributed by atoms with Gasteiger partial charge in [-0.1, -0.05) is 36.0 Å². The summed E-state index contributed by atoms with van der Waals surface area (Å²) in [5.41, 5.74) is 1.75. The molecule has 17 heavy (non-hydrogen) atoms. The molecule has 0 aromatic heterocycles. The molecule has 0 aliphatic carbocycles. The summed E-state index contributed by atoms with van der Waals surface area (Å²) in [6.07, 6.45) is 0. The molecule has 1 aliphatic rings. The van der Waals surface area contributed by atoms with E-state index in [1.54, 1.807) is 16.7 Å². The van der Waals surface area contributed by atoms with Gasteiger partial charge in [-0.25, -0.2) is 0 Å². The van der Waals surface area contributed by atoms with Gasteiger partial charge in [-0.3, -0.25) is 4.79 Å². The average molecular weight is 241 g/mol. The van der Waals surface area contributed by atoms with E-state index in [1.807, 2.05) is 55.6 Å². The second-order valence-corrected chi connectivity index (χ2v) is 5.01. The number of fused-ring (bicyclic) bond motifs is 2. The van der Waals surface area contributed by atoms with Crippen molar-refractivity contribution in [1.82, 2.24) is 0 Å². The third-order valence-corrected chi connectivity index (χ3v) is 4.01. The molecule has 0 N–H and O–H groups in total. The lowest BCUT2D eigenvalue weighted by molar-refractivity contribution is 0.0990. The van der Waals surface area contributed by atoms with Crippen molar-refractivity contribution in [3.05, 3.63) is 54.1 Å². The molecule has 3 heteroatoms. The first-order chi connectivity index (χ1) is 8.27. The molecule has 0 saturated heterocycles. The van der Waals surface area contributed by atoms with E-state index >= 15 is 0 Å². The number of hydrogen-bond acceptors (Lipinski definition) is 2. The van der Waals surface area contributed by atoms with Crippen LogP contribution in [-0.4, -0.2) is 13.0 Å². The molecule has 0 saturated carbocycles. The van der Waals surface area contributed by atoms with Crippen LogP contribution in [0.2, 0.25) is 0 Å². The molecule has 0 unspecified atom stereocenters. The number of carbonyl (C=O) groups excluding carboxylic acids is 1. The Morgan fingerprint density at radius 3 is 2.41 bits per heavy atom. The molecule has 2 aromatic carbocycles. The first kappa shape index (κ1) is 10.4. The van der Waals surface area contributed by atoms with Gasteiger partial charge in [-0.15, -0.1) is 0 Å². The van der Waals surface area contributed by atoms with Crippen molar-refractivity contribution >= 4 is 23.4 Å². The van der Waals surface area contributed by atoms with E-state index in [-0.39, 0.29) is 5.91 Å². The predicted octanol–water partition coefficient (Wildman–Crippen LogP) is 3.43. The van der Waals surface area contributed by atoms with Crippen LogP contribution in [0.3, 0.4) is 0 Å². The van der Waals surface area contributed by atoms with Gasteiger partial charge in [0.1, 0.15) is 0 Å². The van der Waals surface area contributed by atoms with Crippen molar-refractivity contribution in [2.45, 2.75) is 9.79 Å². The summed E-state index contributed by atoms with van der Waals surface area (Å²) in [7, 11) is 1.82. The molecule has 0 atom stereocenters. The fraction of sp³-hybridized carbons (Fsp3) is 0.0714.